The van der Waals surface area contributed by atoms with E-state index in [4.69, 9.17) is 5.73 Å². The van der Waals surface area contributed by atoms with E-state index in [-0.39, 0.29) is 0 Å². The first-order valence-electron chi connectivity index (χ1n) is 5.64. The molecule has 1 atom stereocenters. The van der Waals surface area contributed by atoms with Crippen LogP contribution in [0.25, 0.3) is 0 Å². The summed E-state index contributed by atoms with van der Waals surface area (Å²) in [6.45, 7) is 0.668. The average Bonchev–Trinajstić information content (AvgIpc) is 2.81. The van der Waals surface area contributed by atoms with Gasteiger partial charge < -0.3 is 11.1 Å². The highest BCUT2D eigenvalue weighted by atomic mass is 15.2. The lowest BCUT2D eigenvalue weighted by Gasteiger charge is -2.23. The van der Waals surface area contributed by atoms with Crippen LogP contribution < -0.4 is 11.1 Å². The SMILES string of the molecule is NCC(Nc1cccnn1)C1CCCC1. The van der Waals surface area contributed by atoms with Gasteiger partial charge in [-0.3, -0.25) is 0 Å². The third-order valence-corrected chi connectivity index (χ3v) is 3.13. The van der Waals surface area contributed by atoms with Crippen molar-refractivity contribution in [3.8, 4) is 0 Å². The van der Waals surface area contributed by atoms with Gasteiger partial charge >= 0.3 is 0 Å². The lowest BCUT2D eigenvalue weighted by atomic mass is 9.98. The molecule has 15 heavy (non-hydrogen) atoms. The number of hydrogen-bond donors (Lipinski definition) is 2. The minimum absolute atomic E-state index is 0.351. The van der Waals surface area contributed by atoms with Crippen molar-refractivity contribution in [2.45, 2.75) is 31.7 Å². The van der Waals surface area contributed by atoms with Crippen molar-refractivity contribution in [1.82, 2.24) is 10.2 Å². The first-order valence-corrected chi connectivity index (χ1v) is 5.64. The van der Waals surface area contributed by atoms with Gasteiger partial charge in [0.05, 0.1) is 0 Å². The van der Waals surface area contributed by atoms with Gasteiger partial charge in [-0.15, -0.1) is 5.10 Å². The fraction of sp³-hybridized carbons (Fsp3) is 0.636. The normalized spacial score (nSPS) is 19.0. The van der Waals surface area contributed by atoms with Crippen molar-refractivity contribution >= 4 is 5.82 Å². The second-order valence-corrected chi connectivity index (χ2v) is 4.14. The first-order chi connectivity index (χ1) is 7.40. The maximum Gasteiger partial charge on any atom is 0.148 e. The molecular weight excluding hydrogens is 188 g/mol. The Kier molecular flexibility index (Phi) is 3.50. The van der Waals surface area contributed by atoms with Crippen molar-refractivity contribution in [1.29, 1.82) is 0 Å². The third kappa shape index (κ3) is 2.65. The smallest absolute Gasteiger partial charge is 0.148 e. The van der Waals surface area contributed by atoms with Gasteiger partial charge in [0.2, 0.25) is 0 Å². The van der Waals surface area contributed by atoms with E-state index in [9.17, 15) is 0 Å². The van der Waals surface area contributed by atoms with Gasteiger partial charge in [0.25, 0.3) is 0 Å². The predicted octanol–water partition coefficient (Wildman–Crippen LogP) is 1.41. The molecule has 0 spiro atoms. The number of anilines is 1. The molecule has 2 rings (SSSR count). The summed E-state index contributed by atoms with van der Waals surface area (Å²) >= 11 is 0. The molecular formula is C11H18N4. The monoisotopic (exact) mass is 206 g/mol. The van der Waals surface area contributed by atoms with Crippen molar-refractivity contribution in [3.05, 3.63) is 18.3 Å². The molecule has 0 aromatic carbocycles. The molecule has 0 amide bonds. The highest BCUT2D eigenvalue weighted by Gasteiger charge is 2.23. The van der Waals surface area contributed by atoms with Gasteiger partial charge in [0.15, 0.2) is 0 Å². The molecule has 1 aliphatic carbocycles. The molecule has 0 radical (unpaired) electrons. The standard InChI is InChI=1S/C11H18N4/c12-8-10(9-4-1-2-5-9)14-11-6-3-7-13-15-11/h3,6-7,9-10H,1-2,4-5,8,12H2,(H,14,15). The Morgan fingerprint density at radius 3 is 2.87 bits per heavy atom. The summed E-state index contributed by atoms with van der Waals surface area (Å²) < 4.78 is 0. The zero-order valence-electron chi connectivity index (χ0n) is 8.89. The van der Waals surface area contributed by atoms with Crippen LogP contribution in [-0.4, -0.2) is 22.8 Å². The van der Waals surface area contributed by atoms with Crippen LogP contribution in [0, 0.1) is 5.92 Å². The van der Waals surface area contributed by atoms with Gasteiger partial charge in [-0.2, -0.15) is 5.10 Å². The lowest BCUT2D eigenvalue weighted by molar-refractivity contribution is 0.461. The van der Waals surface area contributed by atoms with Gasteiger partial charge in [-0.25, -0.2) is 0 Å². The fourth-order valence-electron chi connectivity index (χ4n) is 2.30. The lowest BCUT2D eigenvalue weighted by Crippen LogP contribution is -2.35. The number of nitrogens with one attached hydrogen (secondary N) is 1. The zero-order valence-corrected chi connectivity index (χ0v) is 8.89. The van der Waals surface area contributed by atoms with E-state index in [0.717, 1.165) is 5.82 Å². The minimum atomic E-state index is 0.351. The van der Waals surface area contributed by atoms with E-state index in [0.29, 0.717) is 18.5 Å². The van der Waals surface area contributed by atoms with E-state index in [1.54, 1.807) is 6.20 Å². The largest absolute Gasteiger partial charge is 0.364 e. The highest BCUT2D eigenvalue weighted by molar-refractivity contribution is 5.33. The van der Waals surface area contributed by atoms with Gasteiger partial charge in [-0.1, -0.05) is 12.8 Å². The summed E-state index contributed by atoms with van der Waals surface area (Å²) in [5, 5.41) is 11.2. The minimum Gasteiger partial charge on any atom is -0.364 e. The summed E-state index contributed by atoms with van der Waals surface area (Å²) in [4.78, 5) is 0. The molecule has 1 fully saturated rings. The molecule has 1 unspecified atom stereocenters. The number of hydrogen-bond acceptors (Lipinski definition) is 4. The van der Waals surface area contributed by atoms with Gasteiger partial charge in [0, 0.05) is 18.8 Å². The molecule has 0 saturated heterocycles. The Morgan fingerprint density at radius 2 is 2.27 bits per heavy atom. The van der Waals surface area contributed by atoms with E-state index >= 15 is 0 Å². The third-order valence-electron chi connectivity index (χ3n) is 3.13. The number of aromatic nitrogens is 2. The Morgan fingerprint density at radius 1 is 1.47 bits per heavy atom. The Labute approximate surface area is 90.3 Å². The molecule has 1 heterocycles. The number of rotatable bonds is 4. The Balaban J connectivity index is 1.96. The summed E-state index contributed by atoms with van der Waals surface area (Å²) in [6, 6.07) is 4.17. The summed E-state index contributed by atoms with van der Waals surface area (Å²) in [5.41, 5.74) is 5.79. The zero-order chi connectivity index (χ0) is 10.5. The molecule has 82 valence electrons. The molecule has 3 N–H and O–H groups in total. The van der Waals surface area contributed by atoms with Crippen LogP contribution in [0.3, 0.4) is 0 Å². The summed E-state index contributed by atoms with van der Waals surface area (Å²) in [7, 11) is 0. The van der Waals surface area contributed by atoms with Crippen LogP contribution in [0.5, 0.6) is 0 Å². The molecule has 0 bridgehead atoms. The molecule has 1 aliphatic rings. The van der Waals surface area contributed by atoms with Crippen molar-refractivity contribution < 1.29 is 0 Å². The average molecular weight is 206 g/mol. The van der Waals surface area contributed by atoms with E-state index in [2.05, 4.69) is 15.5 Å². The molecule has 4 heteroatoms. The molecule has 1 saturated carbocycles. The maximum atomic E-state index is 5.79. The second-order valence-electron chi connectivity index (χ2n) is 4.14. The Bertz CT molecular complexity index is 282. The number of nitrogens with zero attached hydrogens (tertiary/aromatic N) is 2. The molecule has 4 nitrogen and oxygen atoms in total. The quantitative estimate of drug-likeness (QED) is 0.781. The number of nitrogens with two attached hydrogens (primary N) is 1. The maximum absolute atomic E-state index is 5.79. The summed E-state index contributed by atoms with van der Waals surface area (Å²) in [5.74, 6) is 1.54. The van der Waals surface area contributed by atoms with Crippen molar-refractivity contribution in [2.24, 2.45) is 11.7 Å². The fourth-order valence-corrected chi connectivity index (χ4v) is 2.30. The molecule has 1 aromatic rings. The van der Waals surface area contributed by atoms with Crippen molar-refractivity contribution in [3.63, 3.8) is 0 Å². The Hall–Kier alpha value is -1.16. The van der Waals surface area contributed by atoms with Crippen LogP contribution in [-0.2, 0) is 0 Å². The van der Waals surface area contributed by atoms with Gasteiger partial charge in [0.1, 0.15) is 5.82 Å². The second kappa shape index (κ2) is 5.07. The van der Waals surface area contributed by atoms with Crippen molar-refractivity contribution in [2.75, 3.05) is 11.9 Å². The molecule has 1 aromatic heterocycles. The van der Waals surface area contributed by atoms with Crippen LogP contribution in [0.2, 0.25) is 0 Å². The van der Waals surface area contributed by atoms with Crippen LogP contribution in [0.15, 0.2) is 18.3 Å². The summed E-state index contributed by atoms with van der Waals surface area (Å²) in [6.07, 6.45) is 6.93. The van der Waals surface area contributed by atoms with Gasteiger partial charge in [-0.05, 0) is 30.9 Å². The molecule has 0 aliphatic heterocycles. The van der Waals surface area contributed by atoms with Crippen LogP contribution in [0.4, 0.5) is 5.82 Å². The van der Waals surface area contributed by atoms with E-state index < -0.39 is 0 Å². The van der Waals surface area contributed by atoms with Crippen LogP contribution in [0.1, 0.15) is 25.7 Å². The highest BCUT2D eigenvalue weighted by Crippen LogP contribution is 2.28. The first kappa shape index (κ1) is 10.4. The van der Waals surface area contributed by atoms with Crippen LogP contribution >= 0.6 is 0 Å². The predicted molar refractivity (Wildman–Crippen MR) is 60.5 cm³/mol. The van der Waals surface area contributed by atoms with E-state index in [1.165, 1.54) is 25.7 Å². The van der Waals surface area contributed by atoms with E-state index in [1.807, 2.05) is 12.1 Å². The topological polar surface area (TPSA) is 63.8 Å².